The van der Waals surface area contributed by atoms with Gasteiger partial charge in [0.15, 0.2) is 19.0 Å². The smallest absolute Gasteiger partial charge is 0.418 e. The number of carbonyl (C=O) groups excluding carboxylic acids is 2. The molecular weight excluding hydrogens is 385 g/mol. The predicted molar refractivity (Wildman–Crippen MR) is 89.6 cm³/mol. The summed E-state index contributed by atoms with van der Waals surface area (Å²) in [4.78, 5) is 33.5. The number of para-hydroxylation sites is 3. The van der Waals surface area contributed by atoms with Crippen molar-refractivity contribution in [2.45, 2.75) is 6.18 Å². The first-order valence-corrected chi connectivity index (χ1v) is 7.66. The summed E-state index contributed by atoms with van der Waals surface area (Å²) in [6.07, 6.45) is -4.67. The van der Waals surface area contributed by atoms with Crippen molar-refractivity contribution < 1.29 is 37.2 Å². The van der Waals surface area contributed by atoms with Crippen LogP contribution in [-0.4, -0.2) is 30.0 Å². The molecule has 0 atom stereocenters. The third-order valence-electron chi connectivity index (χ3n) is 3.28. The van der Waals surface area contributed by atoms with Crippen molar-refractivity contribution in [2.75, 3.05) is 18.5 Å². The van der Waals surface area contributed by atoms with E-state index in [2.05, 4.69) is 4.74 Å². The van der Waals surface area contributed by atoms with E-state index in [4.69, 9.17) is 4.74 Å². The Morgan fingerprint density at radius 1 is 1.04 bits per heavy atom. The molecule has 0 aliphatic rings. The molecule has 1 N–H and O–H groups in total. The average molecular weight is 398 g/mol. The molecule has 0 bridgehead atoms. The summed E-state index contributed by atoms with van der Waals surface area (Å²) < 4.78 is 48.2. The number of rotatable bonds is 7. The monoisotopic (exact) mass is 398 g/mol. The number of hydrogen-bond acceptors (Lipinski definition) is 6. The highest BCUT2D eigenvalue weighted by Crippen LogP contribution is 2.34. The first-order valence-electron chi connectivity index (χ1n) is 7.66. The zero-order valence-corrected chi connectivity index (χ0v) is 14.1. The van der Waals surface area contributed by atoms with Crippen LogP contribution in [-0.2, 0) is 20.5 Å². The molecule has 148 valence electrons. The summed E-state index contributed by atoms with van der Waals surface area (Å²) in [6.45, 7) is -1.58. The topological polar surface area (TPSA) is 108 Å². The van der Waals surface area contributed by atoms with Crippen molar-refractivity contribution in [3.05, 3.63) is 64.2 Å². The van der Waals surface area contributed by atoms with Gasteiger partial charge < -0.3 is 14.8 Å². The highest BCUT2D eigenvalue weighted by molar-refractivity contribution is 5.93. The maximum Gasteiger partial charge on any atom is 0.418 e. The lowest BCUT2D eigenvalue weighted by Crippen LogP contribution is -2.24. The highest BCUT2D eigenvalue weighted by atomic mass is 19.4. The van der Waals surface area contributed by atoms with E-state index in [0.29, 0.717) is 0 Å². The van der Waals surface area contributed by atoms with E-state index in [-0.39, 0.29) is 11.4 Å². The maximum atomic E-state index is 12.9. The van der Waals surface area contributed by atoms with Gasteiger partial charge in [-0.25, -0.2) is 4.79 Å². The SMILES string of the molecule is O=C(COC(=O)COc1ccccc1[N+](=O)[O-])Nc1ccccc1C(F)(F)F. The highest BCUT2D eigenvalue weighted by Gasteiger charge is 2.33. The predicted octanol–water partition coefficient (Wildman–Crippen LogP) is 3.17. The number of esters is 1. The molecule has 0 radical (unpaired) electrons. The van der Waals surface area contributed by atoms with Crippen LogP contribution in [0.1, 0.15) is 5.56 Å². The number of amides is 1. The molecule has 2 aromatic rings. The Hall–Kier alpha value is -3.63. The molecule has 8 nitrogen and oxygen atoms in total. The molecule has 2 aromatic carbocycles. The summed E-state index contributed by atoms with van der Waals surface area (Å²) in [5.74, 6) is -2.19. The Kier molecular flexibility index (Phi) is 6.53. The van der Waals surface area contributed by atoms with Gasteiger partial charge in [0, 0.05) is 6.07 Å². The molecule has 0 saturated heterocycles. The van der Waals surface area contributed by atoms with Crippen LogP contribution in [0.2, 0.25) is 0 Å². The number of alkyl halides is 3. The first-order chi connectivity index (χ1) is 13.2. The Bertz CT molecular complexity index is 885. The third kappa shape index (κ3) is 5.69. The van der Waals surface area contributed by atoms with Crippen LogP contribution in [0.15, 0.2) is 48.5 Å². The zero-order chi connectivity index (χ0) is 20.7. The van der Waals surface area contributed by atoms with Gasteiger partial charge in [-0.15, -0.1) is 0 Å². The second kappa shape index (κ2) is 8.84. The molecule has 0 aromatic heterocycles. The zero-order valence-electron chi connectivity index (χ0n) is 14.1. The lowest BCUT2D eigenvalue weighted by Gasteiger charge is -2.13. The molecule has 0 saturated carbocycles. The Morgan fingerprint density at radius 2 is 1.68 bits per heavy atom. The Morgan fingerprint density at radius 3 is 2.36 bits per heavy atom. The van der Waals surface area contributed by atoms with Gasteiger partial charge in [-0.2, -0.15) is 13.2 Å². The molecule has 0 unspecified atom stereocenters. The lowest BCUT2D eigenvalue weighted by atomic mass is 10.1. The van der Waals surface area contributed by atoms with Crippen LogP contribution in [0.3, 0.4) is 0 Å². The van der Waals surface area contributed by atoms with Crippen molar-refractivity contribution in [2.24, 2.45) is 0 Å². The van der Waals surface area contributed by atoms with Gasteiger partial charge in [-0.05, 0) is 18.2 Å². The fraction of sp³-hybridized carbons (Fsp3) is 0.176. The number of benzene rings is 2. The van der Waals surface area contributed by atoms with E-state index >= 15 is 0 Å². The molecule has 0 aliphatic carbocycles. The number of anilines is 1. The first kappa shape index (κ1) is 20.7. The van der Waals surface area contributed by atoms with Crippen LogP contribution in [0.25, 0.3) is 0 Å². The number of nitrogens with one attached hydrogen (secondary N) is 1. The minimum atomic E-state index is -4.67. The maximum absolute atomic E-state index is 12.9. The van der Waals surface area contributed by atoms with E-state index in [9.17, 15) is 32.9 Å². The molecule has 0 spiro atoms. The van der Waals surface area contributed by atoms with Crippen LogP contribution in [0, 0.1) is 10.1 Å². The molecule has 0 heterocycles. The molecular formula is C17H13F3N2O6. The van der Waals surface area contributed by atoms with Gasteiger partial charge >= 0.3 is 17.8 Å². The number of nitro benzene ring substituents is 1. The number of hydrogen-bond donors (Lipinski definition) is 1. The van der Waals surface area contributed by atoms with Crippen molar-refractivity contribution >= 4 is 23.3 Å². The van der Waals surface area contributed by atoms with Gasteiger partial charge in [0.25, 0.3) is 5.91 Å². The van der Waals surface area contributed by atoms with Gasteiger partial charge in [0.05, 0.1) is 16.2 Å². The van der Waals surface area contributed by atoms with Crippen LogP contribution < -0.4 is 10.1 Å². The second-order valence-corrected chi connectivity index (χ2v) is 5.27. The third-order valence-corrected chi connectivity index (χ3v) is 3.28. The number of carbonyl (C=O) groups is 2. The number of ether oxygens (including phenoxy) is 2. The van der Waals surface area contributed by atoms with Gasteiger partial charge in [0.1, 0.15) is 0 Å². The van der Waals surface area contributed by atoms with E-state index in [1.165, 1.54) is 36.4 Å². The van der Waals surface area contributed by atoms with Crippen LogP contribution in [0.5, 0.6) is 5.75 Å². The van der Waals surface area contributed by atoms with Crippen molar-refractivity contribution in [1.29, 1.82) is 0 Å². The van der Waals surface area contributed by atoms with Crippen molar-refractivity contribution in [3.8, 4) is 5.75 Å². The number of nitro groups is 1. The van der Waals surface area contributed by atoms with Crippen LogP contribution >= 0.6 is 0 Å². The number of nitrogens with zero attached hydrogens (tertiary/aromatic N) is 1. The minimum Gasteiger partial charge on any atom is -0.475 e. The van der Waals surface area contributed by atoms with Gasteiger partial charge in [-0.3, -0.25) is 14.9 Å². The average Bonchev–Trinajstić information content (AvgIpc) is 2.64. The summed E-state index contributed by atoms with van der Waals surface area (Å²) in [5.41, 5.74) is -1.89. The fourth-order valence-electron chi connectivity index (χ4n) is 2.08. The summed E-state index contributed by atoms with van der Waals surface area (Å²) in [7, 11) is 0. The molecule has 2 rings (SSSR count). The summed E-state index contributed by atoms with van der Waals surface area (Å²) >= 11 is 0. The second-order valence-electron chi connectivity index (χ2n) is 5.27. The van der Waals surface area contributed by atoms with Gasteiger partial charge in [-0.1, -0.05) is 24.3 Å². The van der Waals surface area contributed by atoms with E-state index in [1.807, 2.05) is 5.32 Å². The molecule has 28 heavy (non-hydrogen) atoms. The summed E-state index contributed by atoms with van der Waals surface area (Å²) in [5, 5.41) is 12.8. The fourth-order valence-corrected chi connectivity index (χ4v) is 2.08. The van der Waals surface area contributed by atoms with Crippen LogP contribution in [0.4, 0.5) is 24.5 Å². The summed E-state index contributed by atoms with van der Waals surface area (Å²) in [6, 6.07) is 9.63. The Labute approximate surface area is 156 Å². The quantitative estimate of drug-likeness (QED) is 0.436. The normalized spacial score (nSPS) is 10.8. The van der Waals surface area contributed by atoms with Crippen molar-refractivity contribution in [1.82, 2.24) is 0 Å². The largest absolute Gasteiger partial charge is 0.475 e. The Balaban J connectivity index is 1.87. The molecule has 0 fully saturated rings. The minimum absolute atomic E-state index is 0.173. The molecule has 0 aliphatic heterocycles. The lowest BCUT2D eigenvalue weighted by molar-refractivity contribution is -0.385. The molecule has 1 amide bonds. The van der Waals surface area contributed by atoms with E-state index in [1.54, 1.807) is 0 Å². The van der Waals surface area contributed by atoms with Gasteiger partial charge in [0.2, 0.25) is 0 Å². The van der Waals surface area contributed by atoms with E-state index in [0.717, 1.165) is 12.1 Å². The van der Waals surface area contributed by atoms with Crippen molar-refractivity contribution in [3.63, 3.8) is 0 Å². The molecule has 11 heteroatoms. The number of halogens is 3. The van der Waals surface area contributed by atoms with E-state index < -0.39 is 47.4 Å². The standard InChI is InChI=1S/C17H13F3N2O6/c18-17(19,20)11-5-1-2-6-12(11)21-15(23)9-28-16(24)10-27-14-8-4-3-7-13(14)22(25)26/h1-8H,9-10H2,(H,21,23).